The van der Waals surface area contributed by atoms with Gasteiger partial charge in [-0.15, -0.1) is 10.2 Å². The van der Waals surface area contributed by atoms with E-state index >= 15 is 0 Å². The van der Waals surface area contributed by atoms with Crippen molar-refractivity contribution in [3.8, 4) is 17.1 Å². The number of nitrogens with zero attached hydrogens (tertiary/aromatic N) is 4. The number of hydrogen-bond acceptors (Lipinski definition) is 5. The number of carbonyl (C=O) groups excluding carboxylic acids is 1. The molecule has 0 saturated heterocycles. The van der Waals surface area contributed by atoms with E-state index in [0.717, 1.165) is 22.4 Å². The molecular formula is C23H21N5OS. The molecule has 0 aliphatic rings. The second-order valence-electron chi connectivity index (χ2n) is 6.71. The molecule has 1 amide bonds. The van der Waals surface area contributed by atoms with Crippen LogP contribution in [0.4, 0.5) is 0 Å². The summed E-state index contributed by atoms with van der Waals surface area (Å²) in [5, 5.41) is 12.3. The molecule has 1 N–H and O–H groups in total. The van der Waals surface area contributed by atoms with Crippen LogP contribution in [0.1, 0.15) is 11.1 Å². The fourth-order valence-electron chi connectivity index (χ4n) is 3.04. The van der Waals surface area contributed by atoms with Crippen LogP contribution in [0, 0.1) is 6.92 Å². The molecule has 2 heterocycles. The molecule has 6 nitrogen and oxygen atoms in total. The number of thioether (sulfide) groups is 1. The quantitative estimate of drug-likeness (QED) is 0.461. The average Bonchev–Trinajstić information content (AvgIpc) is 3.22. The molecule has 0 saturated carbocycles. The first kappa shape index (κ1) is 19.8. The number of carbonyl (C=O) groups is 1. The van der Waals surface area contributed by atoms with Crippen LogP contribution in [-0.4, -0.2) is 31.4 Å². The van der Waals surface area contributed by atoms with Crippen molar-refractivity contribution in [3.63, 3.8) is 0 Å². The lowest BCUT2D eigenvalue weighted by atomic mass is 10.1. The SMILES string of the molecule is Cc1ccccc1CNC(=O)CSc1nnc(-c2cccnc2)n1-c1ccccc1. The Hall–Kier alpha value is -3.45. The van der Waals surface area contributed by atoms with Crippen LogP contribution in [0.25, 0.3) is 17.1 Å². The lowest BCUT2D eigenvalue weighted by Crippen LogP contribution is -2.25. The summed E-state index contributed by atoms with van der Waals surface area (Å²) in [6, 6.07) is 21.7. The van der Waals surface area contributed by atoms with Gasteiger partial charge in [-0.25, -0.2) is 0 Å². The van der Waals surface area contributed by atoms with E-state index in [1.165, 1.54) is 11.8 Å². The van der Waals surface area contributed by atoms with Crippen molar-refractivity contribution in [1.29, 1.82) is 0 Å². The topological polar surface area (TPSA) is 72.7 Å². The summed E-state index contributed by atoms with van der Waals surface area (Å²) in [5.41, 5.74) is 4.08. The minimum absolute atomic E-state index is 0.0474. The van der Waals surface area contributed by atoms with Gasteiger partial charge in [-0.1, -0.05) is 54.2 Å². The molecule has 0 aliphatic carbocycles. The Morgan fingerprint density at radius 2 is 1.80 bits per heavy atom. The van der Waals surface area contributed by atoms with Gasteiger partial charge in [0.2, 0.25) is 5.91 Å². The van der Waals surface area contributed by atoms with E-state index in [2.05, 4.69) is 20.5 Å². The van der Waals surface area contributed by atoms with Crippen molar-refractivity contribution in [2.45, 2.75) is 18.6 Å². The highest BCUT2D eigenvalue weighted by Gasteiger charge is 2.17. The normalized spacial score (nSPS) is 10.7. The van der Waals surface area contributed by atoms with Gasteiger partial charge in [-0.05, 0) is 42.3 Å². The van der Waals surface area contributed by atoms with Crippen LogP contribution in [0.3, 0.4) is 0 Å². The number of aryl methyl sites for hydroxylation is 1. The standard InChI is InChI=1S/C23H21N5OS/c1-17-8-5-6-9-18(17)15-25-21(29)16-30-23-27-26-22(19-10-7-13-24-14-19)28(23)20-11-3-2-4-12-20/h2-14H,15-16H2,1H3,(H,25,29). The fraction of sp³-hybridized carbons (Fsp3) is 0.130. The number of rotatable bonds is 7. The number of hydrogen-bond donors (Lipinski definition) is 1. The number of amides is 1. The van der Waals surface area contributed by atoms with Crippen molar-refractivity contribution in [2.75, 3.05) is 5.75 Å². The number of aromatic nitrogens is 4. The lowest BCUT2D eigenvalue weighted by Gasteiger charge is -2.10. The van der Waals surface area contributed by atoms with Crippen LogP contribution in [0.2, 0.25) is 0 Å². The number of para-hydroxylation sites is 1. The van der Waals surface area contributed by atoms with Gasteiger partial charge in [-0.2, -0.15) is 0 Å². The summed E-state index contributed by atoms with van der Waals surface area (Å²) in [6.07, 6.45) is 3.48. The molecule has 7 heteroatoms. The average molecular weight is 416 g/mol. The number of nitrogens with one attached hydrogen (secondary N) is 1. The molecule has 0 fully saturated rings. The minimum Gasteiger partial charge on any atom is -0.351 e. The summed E-state index contributed by atoms with van der Waals surface area (Å²) in [5.74, 6) is 0.898. The van der Waals surface area contributed by atoms with Crippen molar-refractivity contribution in [1.82, 2.24) is 25.1 Å². The van der Waals surface area contributed by atoms with Gasteiger partial charge in [0.25, 0.3) is 0 Å². The van der Waals surface area contributed by atoms with Crippen molar-refractivity contribution in [3.05, 3.63) is 90.3 Å². The largest absolute Gasteiger partial charge is 0.351 e. The zero-order valence-corrected chi connectivity index (χ0v) is 17.3. The zero-order chi connectivity index (χ0) is 20.8. The van der Waals surface area contributed by atoms with E-state index in [1.54, 1.807) is 12.4 Å². The van der Waals surface area contributed by atoms with Crippen LogP contribution in [0.5, 0.6) is 0 Å². The van der Waals surface area contributed by atoms with Gasteiger partial charge < -0.3 is 5.32 Å². The number of pyridine rings is 1. The van der Waals surface area contributed by atoms with E-state index < -0.39 is 0 Å². The molecule has 150 valence electrons. The predicted molar refractivity (Wildman–Crippen MR) is 118 cm³/mol. The van der Waals surface area contributed by atoms with Crippen molar-refractivity contribution >= 4 is 17.7 Å². The highest BCUT2D eigenvalue weighted by molar-refractivity contribution is 7.99. The fourth-order valence-corrected chi connectivity index (χ4v) is 3.82. The highest BCUT2D eigenvalue weighted by atomic mass is 32.2. The van der Waals surface area contributed by atoms with E-state index in [0.29, 0.717) is 17.5 Å². The van der Waals surface area contributed by atoms with Crippen LogP contribution in [-0.2, 0) is 11.3 Å². The van der Waals surface area contributed by atoms with Crippen LogP contribution in [0.15, 0.2) is 84.3 Å². The summed E-state index contributed by atoms with van der Waals surface area (Å²) >= 11 is 1.36. The minimum atomic E-state index is -0.0474. The molecule has 2 aromatic heterocycles. The van der Waals surface area contributed by atoms with Crippen LogP contribution >= 0.6 is 11.8 Å². The van der Waals surface area contributed by atoms with Crippen LogP contribution < -0.4 is 5.32 Å². The van der Waals surface area contributed by atoms with Crippen molar-refractivity contribution < 1.29 is 4.79 Å². The van der Waals surface area contributed by atoms with Gasteiger partial charge in [0.1, 0.15) is 0 Å². The smallest absolute Gasteiger partial charge is 0.230 e. The monoisotopic (exact) mass is 415 g/mol. The molecule has 0 aliphatic heterocycles. The zero-order valence-electron chi connectivity index (χ0n) is 16.5. The maximum atomic E-state index is 12.4. The first-order valence-electron chi connectivity index (χ1n) is 9.57. The van der Waals surface area contributed by atoms with Gasteiger partial charge >= 0.3 is 0 Å². The van der Waals surface area contributed by atoms with Gasteiger partial charge in [0, 0.05) is 30.2 Å². The molecule has 4 rings (SSSR count). The predicted octanol–water partition coefficient (Wildman–Crippen LogP) is 4.05. The molecule has 0 unspecified atom stereocenters. The van der Waals surface area contributed by atoms with E-state index in [9.17, 15) is 4.79 Å². The molecular weight excluding hydrogens is 394 g/mol. The Balaban J connectivity index is 1.51. The third-order valence-corrected chi connectivity index (χ3v) is 5.57. The summed E-state index contributed by atoms with van der Waals surface area (Å²) < 4.78 is 1.95. The maximum absolute atomic E-state index is 12.4. The molecule has 2 aromatic carbocycles. The van der Waals surface area contributed by atoms with Crippen molar-refractivity contribution in [2.24, 2.45) is 0 Å². The second-order valence-corrected chi connectivity index (χ2v) is 7.65. The molecule has 0 radical (unpaired) electrons. The first-order valence-corrected chi connectivity index (χ1v) is 10.6. The second kappa shape index (κ2) is 9.37. The Labute approximate surface area is 179 Å². The van der Waals surface area contributed by atoms with Gasteiger partial charge in [-0.3, -0.25) is 14.3 Å². The molecule has 4 aromatic rings. The molecule has 0 bridgehead atoms. The Kier molecular flexibility index (Phi) is 6.20. The van der Waals surface area contributed by atoms with E-state index in [-0.39, 0.29) is 11.7 Å². The molecule has 0 spiro atoms. The summed E-state index contributed by atoms with van der Waals surface area (Å²) in [4.78, 5) is 16.6. The molecule has 30 heavy (non-hydrogen) atoms. The summed E-state index contributed by atoms with van der Waals surface area (Å²) in [6.45, 7) is 2.55. The lowest BCUT2D eigenvalue weighted by molar-refractivity contribution is -0.118. The maximum Gasteiger partial charge on any atom is 0.230 e. The Morgan fingerprint density at radius 3 is 2.57 bits per heavy atom. The van der Waals surface area contributed by atoms with Gasteiger partial charge in [0.05, 0.1) is 5.75 Å². The first-order chi connectivity index (χ1) is 14.7. The Morgan fingerprint density at radius 1 is 1.00 bits per heavy atom. The van der Waals surface area contributed by atoms with E-state index in [1.807, 2.05) is 78.2 Å². The van der Waals surface area contributed by atoms with E-state index in [4.69, 9.17) is 0 Å². The highest BCUT2D eigenvalue weighted by Crippen LogP contribution is 2.27. The molecule has 0 atom stereocenters. The number of benzene rings is 2. The Bertz CT molecular complexity index is 1130. The third kappa shape index (κ3) is 4.58. The third-order valence-electron chi connectivity index (χ3n) is 4.64. The summed E-state index contributed by atoms with van der Waals surface area (Å²) in [7, 11) is 0. The van der Waals surface area contributed by atoms with Gasteiger partial charge in [0.15, 0.2) is 11.0 Å².